The van der Waals surface area contributed by atoms with E-state index in [0.717, 1.165) is 36.7 Å². The monoisotopic (exact) mass is 373 g/mol. The summed E-state index contributed by atoms with van der Waals surface area (Å²) in [5, 5.41) is 10.9. The van der Waals surface area contributed by atoms with Crippen molar-refractivity contribution in [3.05, 3.63) is 38.0 Å². The van der Waals surface area contributed by atoms with Gasteiger partial charge in [0, 0.05) is 43.8 Å². The van der Waals surface area contributed by atoms with Crippen LogP contribution < -0.4 is 10.6 Å². The van der Waals surface area contributed by atoms with Crippen molar-refractivity contribution in [2.75, 3.05) is 13.6 Å². The van der Waals surface area contributed by atoms with E-state index < -0.39 is 0 Å². The molecule has 2 heterocycles. The average molecular weight is 374 g/mol. The molecule has 8 heteroatoms. The molecule has 0 radical (unpaired) electrons. The van der Waals surface area contributed by atoms with Crippen LogP contribution in [0.3, 0.4) is 0 Å². The molecule has 2 aromatic heterocycles. The van der Waals surface area contributed by atoms with Gasteiger partial charge in [-0.25, -0.2) is 4.98 Å². The third-order valence-corrected chi connectivity index (χ3v) is 5.27. The fourth-order valence-electron chi connectivity index (χ4n) is 2.12. The Labute approximate surface area is 150 Å². The molecule has 5 nitrogen and oxygen atoms in total. The number of halogens is 2. The maximum atomic E-state index is 6.06. The molecule has 0 fully saturated rings. The Hall–Kier alpha value is -1.24. The summed E-state index contributed by atoms with van der Waals surface area (Å²) in [6, 6.07) is 1.86. The van der Waals surface area contributed by atoms with Crippen molar-refractivity contribution < 1.29 is 0 Å². The zero-order chi connectivity index (χ0) is 16.8. The van der Waals surface area contributed by atoms with Gasteiger partial charge in [-0.3, -0.25) is 4.99 Å². The number of aryl methyl sites for hydroxylation is 2. The summed E-state index contributed by atoms with van der Waals surface area (Å²) in [5.41, 5.74) is 2.09. The van der Waals surface area contributed by atoms with Crippen LogP contribution in [0.4, 0.5) is 0 Å². The van der Waals surface area contributed by atoms with Gasteiger partial charge in [0.1, 0.15) is 5.15 Å². The van der Waals surface area contributed by atoms with Crippen LogP contribution in [0.1, 0.15) is 22.8 Å². The summed E-state index contributed by atoms with van der Waals surface area (Å²) < 4.78 is 1.86. The van der Waals surface area contributed by atoms with Crippen LogP contribution in [0, 0.1) is 6.92 Å². The molecule has 23 heavy (non-hydrogen) atoms. The summed E-state index contributed by atoms with van der Waals surface area (Å²) in [5.74, 6) is 0.758. The lowest BCUT2D eigenvalue weighted by molar-refractivity contribution is 0.721. The molecule has 0 saturated heterocycles. The number of aromatic nitrogens is 2. The Kier molecular flexibility index (Phi) is 6.74. The first-order valence-electron chi connectivity index (χ1n) is 7.36. The Balaban J connectivity index is 1.74. The van der Waals surface area contributed by atoms with Gasteiger partial charge in [-0.15, -0.1) is 11.3 Å². The van der Waals surface area contributed by atoms with E-state index in [4.69, 9.17) is 23.2 Å². The lowest BCUT2D eigenvalue weighted by Gasteiger charge is -2.12. The maximum absolute atomic E-state index is 6.06. The molecule has 0 saturated carbocycles. The van der Waals surface area contributed by atoms with Gasteiger partial charge < -0.3 is 15.2 Å². The SMILES string of the molecule is CN=C(NCCCc1nc(C)cs1)NCc1cc(Cl)c(Cl)n1C. The molecule has 2 rings (SSSR count). The van der Waals surface area contributed by atoms with Gasteiger partial charge in [0.25, 0.3) is 0 Å². The minimum absolute atomic E-state index is 0.546. The molecule has 0 bridgehead atoms. The van der Waals surface area contributed by atoms with Crippen LogP contribution in [0.2, 0.25) is 10.2 Å². The lowest BCUT2D eigenvalue weighted by Crippen LogP contribution is -2.37. The molecule has 0 atom stereocenters. The van der Waals surface area contributed by atoms with Crippen molar-refractivity contribution >= 4 is 40.5 Å². The predicted molar refractivity (Wildman–Crippen MR) is 98.8 cm³/mol. The normalized spacial score (nSPS) is 11.8. The van der Waals surface area contributed by atoms with Gasteiger partial charge in [0.15, 0.2) is 5.96 Å². The molecule has 0 aliphatic carbocycles. The van der Waals surface area contributed by atoms with Crippen molar-refractivity contribution in [3.8, 4) is 0 Å². The van der Waals surface area contributed by atoms with Crippen molar-refractivity contribution in [1.29, 1.82) is 0 Å². The van der Waals surface area contributed by atoms with E-state index in [-0.39, 0.29) is 0 Å². The van der Waals surface area contributed by atoms with Gasteiger partial charge in [-0.05, 0) is 19.4 Å². The summed E-state index contributed by atoms with van der Waals surface area (Å²) in [4.78, 5) is 8.68. The molecule has 0 unspecified atom stereocenters. The predicted octanol–water partition coefficient (Wildman–Crippen LogP) is 3.39. The molecular weight excluding hydrogens is 353 g/mol. The van der Waals surface area contributed by atoms with E-state index >= 15 is 0 Å². The van der Waals surface area contributed by atoms with Gasteiger partial charge in [0.05, 0.1) is 16.6 Å². The molecule has 0 amide bonds. The number of rotatable bonds is 6. The van der Waals surface area contributed by atoms with E-state index in [2.05, 4.69) is 26.0 Å². The number of nitrogens with one attached hydrogen (secondary N) is 2. The number of aliphatic imine (C=N–C) groups is 1. The topological polar surface area (TPSA) is 54.2 Å². The number of hydrogen-bond acceptors (Lipinski definition) is 3. The third-order valence-electron chi connectivity index (χ3n) is 3.40. The third kappa shape index (κ3) is 5.12. The molecule has 0 aliphatic rings. The highest BCUT2D eigenvalue weighted by molar-refractivity contribution is 7.09. The minimum Gasteiger partial charge on any atom is -0.356 e. The van der Waals surface area contributed by atoms with Gasteiger partial charge in [-0.2, -0.15) is 0 Å². The summed E-state index contributed by atoms with van der Waals surface area (Å²) >= 11 is 13.8. The molecular formula is C15H21Cl2N5S. The average Bonchev–Trinajstić information content (AvgIpc) is 3.05. The standard InChI is InChI=1S/C15H21Cl2N5S/c1-10-9-23-13(21-10)5-4-6-19-15(18-2)20-8-11-7-12(16)14(17)22(11)3/h7,9H,4-6,8H2,1-3H3,(H2,18,19,20). The summed E-state index contributed by atoms with van der Waals surface area (Å²) in [6.45, 7) is 3.47. The van der Waals surface area contributed by atoms with Gasteiger partial charge in [-0.1, -0.05) is 23.2 Å². The molecule has 0 spiro atoms. The maximum Gasteiger partial charge on any atom is 0.191 e. The number of thiazole rings is 1. The Morgan fingerprint density at radius 2 is 2.17 bits per heavy atom. The first kappa shape index (κ1) is 18.1. The molecule has 2 aromatic rings. The van der Waals surface area contributed by atoms with Crippen LogP contribution in [-0.4, -0.2) is 29.1 Å². The van der Waals surface area contributed by atoms with Crippen molar-refractivity contribution in [2.24, 2.45) is 12.0 Å². The Morgan fingerprint density at radius 1 is 1.39 bits per heavy atom. The highest BCUT2D eigenvalue weighted by Crippen LogP contribution is 2.24. The zero-order valence-electron chi connectivity index (χ0n) is 13.5. The quantitative estimate of drug-likeness (QED) is 0.463. The number of hydrogen-bond donors (Lipinski definition) is 2. The first-order chi connectivity index (χ1) is 11.0. The minimum atomic E-state index is 0.546. The van der Waals surface area contributed by atoms with Crippen molar-refractivity contribution in [1.82, 2.24) is 20.2 Å². The molecule has 126 valence electrons. The molecule has 0 aromatic carbocycles. The van der Waals surface area contributed by atoms with Crippen LogP contribution in [0.25, 0.3) is 0 Å². The van der Waals surface area contributed by atoms with Gasteiger partial charge in [0.2, 0.25) is 0 Å². The number of nitrogens with zero attached hydrogens (tertiary/aromatic N) is 3. The second-order valence-electron chi connectivity index (χ2n) is 5.17. The van der Waals surface area contributed by atoms with E-state index in [0.29, 0.717) is 16.7 Å². The second kappa shape index (κ2) is 8.57. The highest BCUT2D eigenvalue weighted by Gasteiger charge is 2.09. The Morgan fingerprint density at radius 3 is 2.74 bits per heavy atom. The van der Waals surface area contributed by atoms with Crippen LogP contribution in [-0.2, 0) is 20.0 Å². The first-order valence-corrected chi connectivity index (χ1v) is 9.00. The smallest absolute Gasteiger partial charge is 0.191 e. The van der Waals surface area contributed by atoms with E-state index in [9.17, 15) is 0 Å². The largest absolute Gasteiger partial charge is 0.356 e. The van der Waals surface area contributed by atoms with E-state index in [1.807, 2.05) is 24.6 Å². The van der Waals surface area contributed by atoms with Crippen LogP contribution in [0.15, 0.2) is 16.4 Å². The fourth-order valence-corrected chi connectivity index (χ4v) is 3.35. The molecule has 0 aliphatic heterocycles. The lowest BCUT2D eigenvalue weighted by atomic mass is 10.3. The van der Waals surface area contributed by atoms with Gasteiger partial charge >= 0.3 is 0 Å². The summed E-state index contributed by atoms with van der Waals surface area (Å²) in [7, 11) is 3.64. The Bertz CT molecular complexity index is 677. The van der Waals surface area contributed by atoms with Crippen molar-refractivity contribution in [2.45, 2.75) is 26.3 Å². The van der Waals surface area contributed by atoms with E-state index in [1.54, 1.807) is 18.4 Å². The second-order valence-corrected chi connectivity index (χ2v) is 6.88. The van der Waals surface area contributed by atoms with Crippen LogP contribution >= 0.6 is 34.5 Å². The van der Waals surface area contributed by atoms with Crippen LogP contribution in [0.5, 0.6) is 0 Å². The molecule has 2 N–H and O–H groups in total. The summed E-state index contributed by atoms with van der Waals surface area (Å²) in [6.07, 6.45) is 1.99. The van der Waals surface area contributed by atoms with E-state index in [1.165, 1.54) is 5.01 Å². The zero-order valence-corrected chi connectivity index (χ0v) is 15.8. The highest BCUT2D eigenvalue weighted by atomic mass is 35.5. The number of guanidine groups is 1. The fraction of sp³-hybridized carbons (Fsp3) is 0.467. The van der Waals surface area contributed by atoms with Crippen molar-refractivity contribution in [3.63, 3.8) is 0 Å².